The number of hydrogen-bond acceptors (Lipinski definition) is 2. The van der Waals surface area contributed by atoms with Crippen molar-refractivity contribution in [2.24, 2.45) is 5.73 Å². The van der Waals surface area contributed by atoms with Crippen molar-refractivity contribution in [1.29, 1.82) is 0 Å². The van der Waals surface area contributed by atoms with Crippen molar-refractivity contribution in [3.63, 3.8) is 0 Å². The molecule has 86 valence electrons. The molecule has 0 amide bonds. The van der Waals surface area contributed by atoms with Crippen LogP contribution in [0, 0.1) is 0 Å². The molecular formula is C14H20N2. The van der Waals surface area contributed by atoms with Crippen LogP contribution >= 0.6 is 0 Å². The fourth-order valence-corrected chi connectivity index (χ4v) is 2.89. The van der Waals surface area contributed by atoms with E-state index in [0.29, 0.717) is 5.41 Å². The van der Waals surface area contributed by atoms with E-state index in [1.807, 2.05) is 0 Å². The van der Waals surface area contributed by atoms with Crippen molar-refractivity contribution < 1.29 is 0 Å². The molecule has 2 N–H and O–H groups in total. The minimum atomic E-state index is 0.342. The molecule has 0 saturated heterocycles. The first-order valence-corrected chi connectivity index (χ1v) is 6.37. The highest BCUT2D eigenvalue weighted by atomic mass is 15.1. The van der Waals surface area contributed by atoms with Crippen LogP contribution in [-0.4, -0.2) is 19.6 Å². The first-order valence-electron chi connectivity index (χ1n) is 6.37. The van der Waals surface area contributed by atoms with Crippen LogP contribution in [-0.2, 0) is 11.8 Å². The Hall–Kier alpha value is -1.02. The summed E-state index contributed by atoms with van der Waals surface area (Å²) < 4.78 is 0. The predicted molar refractivity (Wildman–Crippen MR) is 68.0 cm³/mol. The van der Waals surface area contributed by atoms with Crippen molar-refractivity contribution in [1.82, 2.24) is 0 Å². The summed E-state index contributed by atoms with van der Waals surface area (Å²) in [5.74, 6) is 0. The number of benzene rings is 1. The van der Waals surface area contributed by atoms with Gasteiger partial charge in [0.25, 0.3) is 0 Å². The highest BCUT2D eigenvalue weighted by molar-refractivity contribution is 5.60. The van der Waals surface area contributed by atoms with Gasteiger partial charge < -0.3 is 10.6 Å². The maximum atomic E-state index is 5.89. The van der Waals surface area contributed by atoms with Crippen LogP contribution in [0.5, 0.6) is 0 Å². The van der Waals surface area contributed by atoms with Gasteiger partial charge in [0.15, 0.2) is 0 Å². The Morgan fingerprint density at radius 1 is 1.38 bits per heavy atom. The highest BCUT2D eigenvalue weighted by Crippen LogP contribution is 2.48. The quantitative estimate of drug-likeness (QED) is 0.838. The standard InChI is InChI=1S/C14H20N2/c1-2-16-8-5-11-9-12(3-4-13(11)16)14(10-15)6-7-14/h3-4,9H,2,5-8,10,15H2,1H3. The normalized spacial score (nSPS) is 21.0. The fraction of sp³-hybridized carbons (Fsp3) is 0.571. The van der Waals surface area contributed by atoms with Gasteiger partial charge in [-0.25, -0.2) is 0 Å². The van der Waals surface area contributed by atoms with Crippen molar-refractivity contribution in [3.8, 4) is 0 Å². The molecule has 1 aromatic rings. The number of nitrogens with two attached hydrogens (primary N) is 1. The van der Waals surface area contributed by atoms with Crippen molar-refractivity contribution in [3.05, 3.63) is 29.3 Å². The van der Waals surface area contributed by atoms with Crippen LogP contribution in [0.3, 0.4) is 0 Å². The number of hydrogen-bond donors (Lipinski definition) is 1. The van der Waals surface area contributed by atoms with Crippen LogP contribution < -0.4 is 10.6 Å². The molecule has 0 aromatic heterocycles. The van der Waals surface area contributed by atoms with Gasteiger partial charge in [-0.05, 0) is 43.4 Å². The lowest BCUT2D eigenvalue weighted by Crippen LogP contribution is -2.20. The minimum Gasteiger partial charge on any atom is -0.371 e. The van der Waals surface area contributed by atoms with Crippen LogP contribution in [0.1, 0.15) is 30.9 Å². The number of fused-ring (bicyclic) bond motifs is 1. The third-order valence-corrected chi connectivity index (χ3v) is 4.31. The molecule has 3 rings (SSSR count). The average molecular weight is 216 g/mol. The Balaban J connectivity index is 1.95. The summed E-state index contributed by atoms with van der Waals surface area (Å²) in [4.78, 5) is 2.46. The first-order chi connectivity index (χ1) is 7.79. The first kappa shape index (κ1) is 10.2. The Bertz CT molecular complexity index is 407. The van der Waals surface area contributed by atoms with Crippen molar-refractivity contribution in [2.45, 2.75) is 31.6 Å². The average Bonchev–Trinajstić information content (AvgIpc) is 3.03. The third kappa shape index (κ3) is 1.36. The molecule has 1 fully saturated rings. The summed E-state index contributed by atoms with van der Waals surface area (Å²) in [6.45, 7) is 5.34. The van der Waals surface area contributed by atoms with Gasteiger partial charge in [0.2, 0.25) is 0 Å². The van der Waals surface area contributed by atoms with Gasteiger partial charge in [-0.15, -0.1) is 0 Å². The van der Waals surface area contributed by atoms with Gasteiger partial charge in [-0.2, -0.15) is 0 Å². The second kappa shape index (κ2) is 3.49. The number of anilines is 1. The van der Waals surface area contributed by atoms with E-state index in [0.717, 1.165) is 13.1 Å². The predicted octanol–water partition coefficient (Wildman–Crippen LogP) is 2.06. The SMILES string of the molecule is CCN1CCc2cc(C3(CN)CC3)ccc21. The zero-order valence-electron chi connectivity index (χ0n) is 10.00. The lowest BCUT2D eigenvalue weighted by molar-refractivity contribution is 0.704. The number of nitrogens with zero attached hydrogens (tertiary/aromatic N) is 1. The molecule has 0 radical (unpaired) electrons. The monoisotopic (exact) mass is 216 g/mol. The van der Waals surface area contributed by atoms with E-state index in [1.165, 1.54) is 42.6 Å². The van der Waals surface area contributed by atoms with Crippen LogP contribution in [0.15, 0.2) is 18.2 Å². The maximum absolute atomic E-state index is 5.89. The number of rotatable bonds is 3. The summed E-state index contributed by atoms with van der Waals surface area (Å²) >= 11 is 0. The Kier molecular flexibility index (Phi) is 2.21. The van der Waals surface area contributed by atoms with Gasteiger partial charge >= 0.3 is 0 Å². The van der Waals surface area contributed by atoms with E-state index < -0.39 is 0 Å². The summed E-state index contributed by atoms with van der Waals surface area (Å²) in [6, 6.07) is 7.01. The largest absolute Gasteiger partial charge is 0.371 e. The van der Waals surface area contributed by atoms with E-state index in [2.05, 4.69) is 30.0 Å². The molecule has 0 spiro atoms. The maximum Gasteiger partial charge on any atom is 0.0399 e. The fourth-order valence-electron chi connectivity index (χ4n) is 2.89. The molecule has 1 aliphatic heterocycles. The minimum absolute atomic E-state index is 0.342. The highest BCUT2D eigenvalue weighted by Gasteiger charge is 2.43. The second-order valence-corrected chi connectivity index (χ2v) is 5.16. The summed E-state index contributed by atoms with van der Waals surface area (Å²) in [5.41, 5.74) is 10.7. The molecule has 0 atom stereocenters. The van der Waals surface area contributed by atoms with E-state index in [1.54, 1.807) is 0 Å². The zero-order valence-corrected chi connectivity index (χ0v) is 10.00. The van der Waals surface area contributed by atoms with E-state index in [-0.39, 0.29) is 0 Å². The van der Waals surface area contributed by atoms with Gasteiger partial charge in [0.05, 0.1) is 0 Å². The topological polar surface area (TPSA) is 29.3 Å². The molecule has 1 saturated carbocycles. The molecular weight excluding hydrogens is 196 g/mol. The van der Waals surface area contributed by atoms with E-state index in [9.17, 15) is 0 Å². The molecule has 1 aromatic carbocycles. The number of likely N-dealkylation sites (N-methyl/N-ethyl adjacent to an activating group) is 1. The molecule has 2 heteroatoms. The summed E-state index contributed by atoms with van der Waals surface area (Å²) in [7, 11) is 0. The second-order valence-electron chi connectivity index (χ2n) is 5.16. The zero-order chi connectivity index (χ0) is 11.2. The van der Waals surface area contributed by atoms with Gasteiger partial charge in [0, 0.05) is 30.7 Å². The van der Waals surface area contributed by atoms with Gasteiger partial charge in [-0.3, -0.25) is 0 Å². The molecule has 2 aliphatic rings. The Morgan fingerprint density at radius 3 is 2.81 bits per heavy atom. The smallest absolute Gasteiger partial charge is 0.0399 e. The molecule has 2 nitrogen and oxygen atoms in total. The Labute approximate surface area is 97.4 Å². The Morgan fingerprint density at radius 2 is 2.19 bits per heavy atom. The summed E-state index contributed by atoms with van der Waals surface area (Å²) in [5, 5.41) is 0. The summed E-state index contributed by atoms with van der Waals surface area (Å²) in [6.07, 6.45) is 3.76. The van der Waals surface area contributed by atoms with E-state index >= 15 is 0 Å². The lowest BCUT2D eigenvalue weighted by Gasteiger charge is -2.18. The molecule has 16 heavy (non-hydrogen) atoms. The van der Waals surface area contributed by atoms with Crippen LogP contribution in [0.2, 0.25) is 0 Å². The van der Waals surface area contributed by atoms with Crippen LogP contribution in [0.25, 0.3) is 0 Å². The molecule has 0 bridgehead atoms. The van der Waals surface area contributed by atoms with Crippen molar-refractivity contribution in [2.75, 3.05) is 24.5 Å². The molecule has 1 heterocycles. The third-order valence-electron chi connectivity index (χ3n) is 4.31. The lowest BCUT2D eigenvalue weighted by atomic mass is 9.94. The van der Waals surface area contributed by atoms with Crippen molar-refractivity contribution >= 4 is 5.69 Å². The molecule has 1 aliphatic carbocycles. The van der Waals surface area contributed by atoms with Crippen LogP contribution in [0.4, 0.5) is 5.69 Å². The van der Waals surface area contributed by atoms with Gasteiger partial charge in [0.1, 0.15) is 0 Å². The van der Waals surface area contributed by atoms with Gasteiger partial charge in [-0.1, -0.05) is 12.1 Å². The van der Waals surface area contributed by atoms with E-state index in [4.69, 9.17) is 5.73 Å². The molecule has 0 unspecified atom stereocenters.